The van der Waals surface area contributed by atoms with E-state index >= 15 is 0 Å². The molecule has 0 bridgehead atoms. The van der Waals surface area contributed by atoms with Crippen molar-refractivity contribution in [2.24, 2.45) is 0 Å². The highest BCUT2D eigenvalue weighted by Crippen LogP contribution is 2.20. The Labute approximate surface area is 105 Å². The number of aliphatic hydroxyl groups excluding tert-OH is 1. The average Bonchev–Trinajstić information content (AvgIpc) is 2.83. The number of rotatable bonds is 5. The van der Waals surface area contributed by atoms with Crippen molar-refractivity contribution in [1.82, 2.24) is 0 Å². The van der Waals surface area contributed by atoms with Crippen LogP contribution in [0.25, 0.3) is 0 Å². The third-order valence-corrected chi connectivity index (χ3v) is 3.39. The lowest BCUT2D eigenvalue weighted by Crippen LogP contribution is -2.02. The standard InChI is InChI=1S/C14H16O2S/c1-16-9-11-3-2-4-13(7-11)14(15)8-12-5-6-17-10-12/h2-7,10,14-15H,8-9H2,1H3. The van der Waals surface area contributed by atoms with E-state index in [2.05, 4.69) is 5.38 Å². The second-order valence-corrected chi connectivity index (χ2v) is 4.81. The summed E-state index contributed by atoms with van der Waals surface area (Å²) in [5.74, 6) is 0. The monoisotopic (exact) mass is 248 g/mol. The summed E-state index contributed by atoms with van der Waals surface area (Å²) < 4.78 is 5.09. The summed E-state index contributed by atoms with van der Waals surface area (Å²) in [4.78, 5) is 0. The van der Waals surface area contributed by atoms with E-state index in [0.717, 1.165) is 11.1 Å². The van der Waals surface area contributed by atoms with Crippen LogP contribution in [0, 0.1) is 0 Å². The molecule has 1 aromatic heterocycles. The summed E-state index contributed by atoms with van der Waals surface area (Å²) >= 11 is 1.66. The number of benzene rings is 1. The van der Waals surface area contributed by atoms with Crippen molar-refractivity contribution in [3.8, 4) is 0 Å². The molecule has 0 saturated heterocycles. The number of thiophene rings is 1. The van der Waals surface area contributed by atoms with Gasteiger partial charge in [0.05, 0.1) is 12.7 Å². The smallest absolute Gasteiger partial charge is 0.0830 e. The second-order valence-electron chi connectivity index (χ2n) is 4.03. The molecule has 2 rings (SSSR count). The Bertz CT molecular complexity index is 451. The van der Waals surface area contributed by atoms with Gasteiger partial charge in [-0.1, -0.05) is 24.3 Å². The number of methoxy groups -OCH3 is 1. The van der Waals surface area contributed by atoms with Gasteiger partial charge >= 0.3 is 0 Å². The Kier molecular flexibility index (Phi) is 4.31. The highest BCUT2D eigenvalue weighted by molar-refractivity contribution is 7.07. The Morgan fingerprint density at radius 2 is 2.18 bits per heavy atom. The van der Waals surface area contributed by atoms with E-state index in [1.807, 2.05) is 35.7 Å². The number of aliphatic hydroxyl groups is 1. The first-order valence-corrected chi connectivity index (χ1v) is 6.51. The molecule has 0 fully saturated rings. The van der Waals surface area contributed by atoms with Gasteiger partial charge in [-0.2, -0.15) is 11.3 Å². The number of hydrogen-bond acceptors (Lipinski definition) is 3. The predicted octanol–water partition coefficient (Wildman–Crippen LogP) is 3.17. The summed E-state index contributed by atoms with van der Waals surface area (Å²) in [5, 5.41) is 14.3. The van der Waals surface area contributed by atoms with Crippen LogP contribution in [0.5, 0.6) is 0 Å². The van der Waals surface area contributed by atoms with Crippen molar-refractivity contribution >= 4 is 11.3 Å². The van der Waals surface area contributed by atoms with E-state index in [4.69, 9.17) is 4.74 Å². The molecule has 3 heteroatoms. The normalized spacial score (nSPS) is 12.6. The maximum absolute atomic E-state index is 10.1. The minimum Gasteiger partial charge on any atom is -0.388 e. The van der Waals surface area contributed by atoms with E-state index in [1.54, 1.807) is 18.4 Å². The molecular weight excluding hydrogens is 232 g/mol. The zero-order valence-electron chi connectivity index (χ0n) is 9.80. The highest BCUT2D eigenvalue weighted by Gasteiger charge is 2.09. The molecule has 2 aromatic rings. The second kappa shape index (κ2) is 5.96. The van der Waals surface area contributed by atoms with Crippen LogP contribution in [0.3, 0.4) is 0 Å². The lowest BCUT2D eigenvalue weighted by Gasteiger charge is -2.11. The van der Waals surface area contributed by atoms with Crippen molar-refractivity contribution < 1.29 is 9.84 Å². The first-order valence-electron chi connectivity index (χ1n) is 5.56. The van der Waals surface area contributed by atoms with Crippen LogP contribution in [0.15, 0.2) is 41.1 Å². The third kappa shape index (κ3) is 3.40. The molecule has 0 aliphatic rings. The van der Waals surface area contributed by atoms with Gasteiger partial charge in [-0.3, -0.25) is 0 Å². The van der Waals surface area contributed by atoms with Crippen LogP contribution in [0.2, 0.25) is 0 Å². The molecule has 1 atom stereocenters. The summed E-state index contributed by atoms with van der Waals surface area (Å²) in [7, 11) is 1.68. The average molecular weight is 248 g/mol. The fraction of sp³-hybridized carbons (Fsp3) is 0.286. The molecule has 0 aliphatic heterocycles. The fourth-order valence-electron chi connectivity index (χ4n) is 1.81. The van der Waals surface area contributed by atoms with Crippen molar-refractivity contribution in [1.29, 1.82) is 0 Å². The molecular formula is C14H16O2S. The molecule has 0 saturated carbocycles. The molecule has 17 heavy (non-hydrogen) atoms. The molecule has 2 nitrogen and oxygen atoms in total. The van der Waals surface area contributed by atoms with Gasteiger partial charge in [0, 0.05) is 13.5 Å². The van der Waals surface area contributed by atoms with Crippen molar-refractivity contribution in [3.05, 3.63) is 57.8 Å². The molecule has 1 aromatic carbocycles. The summed E-state index contributed by atoms with van der Waals surface area (Å²) in [6, 6.07) is 9.97. The van der Waals surface area contributed by atoms with Gasteiger partial charge in [-0.25, -0.2) is 0 Å². The Morgan fingerprint density at radius 1 is 1.29 bits per heavy atom. The molecule has 90 valence electrons. The van der Waals surface area contributed by atoms with Crippen LogP contribution in [0.4, 0.5) is 0 Å². The molecule has 1 heterocycles. The Morgan fingerprint density at radius 3 is 2.88 bits per heavy atom. The van der Waals surface area contributed by atoms with Crippen LogP contribution in [-0.2, 0) is 17.8 Å². The SMILES string of the molecule is COCc1cccc(C(O)Cc2ccsc2)c1. The molecule has 0 radical (unpaired) electrons. The van der Waals surface area contributed by atoms with Gasteiger partial charge in [-0.05, 0) is 33.5 Å². The van der Waals surface area contributed by atoms with Gasteiger partial charge in [0.25, 0.3) is 0 Å². The first-order chi connectivity index (χ1) is 8.29. The molecule has 0 spiro atoms. The third-order valence-electron chi connectivity index (χ3n) is 2.66. The van der Waals surface area contributed by atoms with Crippen LogP contribution < -0.4 is 0 Å². The van der Waals surface area contributed by atoms with E-state index in [-0.39, 0.29) is 0 Å². The molecule has 1 unspecified atom stereocenters. The van der Waals surface area contributed by atoms with Gasteiger partial charge in [-0.15, -0.1) is 0 Å². The van der Waals surface area contributed by atoms with E-state index < -0.39 is 6.10 Å². The van der Waals surface area contributed by atoms with Crippen LogP contribution >= 0.6 is 11.3 Å². The zero-order chi connectivity index (χ0) is 12.1. The quantitative estimate of drug-likeness (QED) is 0.880. The molecule has 0 amide bonds. The molecule has 0 aliphatic carbocycles. The maximum atomic E-state index is 10.1. The minimum absolute atomic E-state index is 0.443. The zero-order valence-corrected chi connectivity index (χ0v) is 10.6. The lowest BCUT2D eigenvalue weighted by atomic mass is 10.0. The number of hydrogen-bond donors (Lipinski definition) is 1. The van der Waals surface area contributed by atoms with E-state index in [9.17, 15) is 5.11 Å². The topological polar surface area (TPSA) is 29.5 Å². The van der Waals surface area contributed by atoms with Gasteiger partial charge in [0.2, 0.25) is 0 Å². The summed E-state index contributed by atoms with van der Waals surface area (Å²) in [6.07, 6.45) is 0.223. The van der Waals surface area contributed by atoms with Crippen molar-refractivity contribution in [2.75, 3.05) is 7.11 Å². The molecule has 1 N–H and O–H groups in total. The fourth-order valence-corrected chi connectivity index (χ4v) is 2.49. The van der Waals surface area contributed by atoms with Gasteiger partial charge in [0.15, 0.2) is 0 Å². The van der Waals surface area contributed by atoms with Gasteiger partial charge < -0.3 is 9.84 Å². The van der Waals surface area contributed by atoms with Crippen molar-refractivity contribution in [3.63, 3.8) is 0 Å². The van der Waals surface area contributed by atoms with Crippen LogP contribution in [-0.4, -0.2) is 12.2 Å². The van der Waals surface area contributed by atoms with Crippen molar-refractivity contribution in [2.45, 2.75) is 19.1 Å². The maximum Gasteiger partial charge on any atom is 0.0830 e. The number of ether oxygens (including phenoxy) is 1. The first kappa shape index (κ1) is 12.3. The lowest BCUT2D eigenvalue weighted by molar-refractivity contribution is 0.175. The van der Waals surface area contributed by atoms with E-state index in [1.165, 1.54) is 5.56 Å². The minimum atomic E-state index is -0.443. The van der Waals surface area contributed by atoms with Crippen LogP contribution in [0.1, 0.15) is 22.8 Å². The highest BCUT2D eigenvalue weighted by atomic mass is 32.1. The Hall–Kier alpha value is -1.16. The van der Waals surface area contributed by atoms with E-state index in [0.29, 0.717) is 13.0 Å². The largest absolute Gasteiger partial charge is 0.388 e. The Balaban J connectivity index is 2.07. The summed E-state index contributed by atoms with van der Waals surface area (Å²) in [6.45, 7) is 0.582. The van der Waals surface area contributed by atoms with Gasteiger partial charge in [0.1, 0.15) is 0 Å². The predicted molar refractivity (Wildman–Crippen MR) is 70.1 cm³/mol. The summed E-state index contributed by atoms with van der Waals surface area (Å²) in [5.41, 5.74) is 3.22.